The number of nitrogens with zero attached hydrogens (tertiary/aromatic N) is 3. The van der Waals surface area contributed by atoms with E-state index in [0.29, 0.717) is 5.92 Å². The highest BCUT2D eigenvalue weighted by atomic mass is 15.1. The number of aromatic nitrogens is 3. The second-order valence-corrected chi connectivity index (χ2v) is 6.30. The first kappa shape index (κ1) is 16.2. The van der Waals surface area contributed by atoms with Crippen LogP contribution in [0.1, 0.15) is 26.1 Å². The van der Waals surface area contributed by atoms with Gasteiger partial charge in [-0.3, -0.25) is 4.98 Å². The van der Waals surface area contributed by atoms with E-state index in [4.69, 9.17) is 0 Å². The third kappa shape index (κ3) is 3.98. The number of anilines is 3. The largest absolute Gasteiger partial charge is 0.370 e. The van der Waals surface area contributed by atoms with E-state index in [9.17, 15) is 0 Å². The van der Waals surface area contributed by atoms with Crippen molar-refractivity contribution in [2.24, 2.45) is 5.92 Å². The van der Waals surface area contributed by atoms with Gasteiger partial charge in [-0.15, -0.1) is 0 Å². The smallest absolute Gasteiger partial charge is 0.136 e. The van der Waals surface area contributed by atoms with E-state index >= 15 is 0 Å². The van der Waals surface area contributed by atoms with Crippen molar-refractivity contribution in [1.82, 2.24) is 15.0 Å². The Kier molecular flexibility index (Phi) is 4.89. The molecule has 1 aromatic carbocycles. The normalized spacial score (nSPS) is 11.0. The van der Waals surface area contributed by atoms with Crippen molar-refractivity contribution in [2.45, 2.75) is 27.2 Å². The van der Waals surface area contributed by atoms with E-state index in [1.54, 1.807) is 6.20 Å². The lowest BCUT2D eigenvalue weighted by molar-refractivity contribution is 0.606. The molecule has 5 nitrogen and oxygen atoms in total. The Labute approximate surface area is 142 Å². The lowest BCUT2D eigenvalue weighted by Gasteiger charge is -2.12. The van der Waals surface area contributed by atoms with E-state index < -0.39 is 0 Å². The molecule has 5 heteroatoms. The molecule has 0 fully saturated rings. The fraction of sp³-hybridized carbons (Fsp3) is 0.316. The molecule has 2 N–H and O–H groups in total. The van der Waals surface area contributed by atoms with Gasteiger partial charge in [-0.2, -0.15) is 0 Å². The molecular formula is C19H23N5. The van der Waals surface area contributed by atoms with Gasteiger partial charge in [-0.05, 0) is 31.4 Å². The van der Waals surface area contributed by atoms with Gasteiger partial charge in [-0.1, -0.05) is 32.0 Å². The molecule has 2 aromatic heterocycles. The Balaban J connectivity index is 1.82. The maximum atomic E-state index is 4.49. The summed E-state index contributed by atoms with van der Waals surface area (Å²) in [5, 5.41) is 7.85. The van der Waals surface area contributed by atoms with Crippen LogP contribution in [0.5, 0.6) is 0 Å². The highest BCUT2D eigenvalue weighted by Crippen LogP contribution is 2.24. The fourth-order valence-electron chi connectivity index (χ4n) is 2.55. The average molecular weight is 321 g/mol. The first-order valence-corrected chi connectivity index (χ1v) is 8.32. The lowest BCUT2D eigenvalue weighted by Crippen LogP contribution is -2.08. The van der Waals surface area contributed by atoms with Crippen LogP contribution < -0.4 is 10.6 Å². The second-order valence-electron chi connectivity index (χ2n) is 6.30. The first-order chi connectivity index (χ1) is 11.6. The molecule has 0 amide bonds. The van der Waals surface area contributed by atoms with E-state index in [-0.39, 0.29) is 0 Å². The van der Waals surface area contributed by atoms with Gasteiger partial charge >= 0.3 is 0 Å². The third-order valence-electron chi connectivity index (χ3n) is 3.76. The maximum Gasteiger partial charge on any atom is 0.136 e. The molecule has 0 aliphatic carbocycles. The van der Waals surface area contributed by atoms with Crippen LogP contribution >= 0.6 is 0 Å². The van der Waals surface area contributed by atoms with E-state index in [1.807, 2.05) is 31.2 Å². The summed E-state index contributed by atoms with van der Waals surface area (Å²) in [4.78, 5) is 13.4. The zero-order valence-corrected chi connectivity index (χ0v) is 14.4. The maximum absolute atomic E-state index is 4.49. The Morgan fingerprint density at radius 3 is 2.67 bits per heavy atom. The van der Waals surface area contributed by atoms with Gasteiger partial charge in [-0.25, -0.2) is 9.97 Å². The average Bonchev–Trinajstić information content (AvgIpc) is 2.54. The number of pyridine rings is 1. The number of hydrogen-bond acceptors (Lipinski definition) is 5. The molecule has 124 valence electrons. The van der Waals surface area contributed by atoms with Crippen LogP contribution in [-0.2, 0) is 0 Å². The highest BCUT2D eigenvalue weighted by molar-refractivity contribution is 5.91. The molecule has 0 atom stereocenters. The summed E-state index contributed by atoms with van der Waals surface area (Å²) >= 11 is 0. The van der Waals surface area contributed by atoms with E-state index in [1.165, 1.54) is 0 Å². The van der Waals surface area contributed by atoms with Crippen molar-refractivity contribution in [3.05, 3.63) is 48.4 Å². The van der Waals surface area contributed by atoms with Crippen molar-refractivity contribution in [2.75, 3.05) is 17.2 Å². The molecule has 3 rings (SSSR count). The Morgan fingerprint density at radius 1 is 1.04 bits per heavy atom. The monoisotopic (exact) mass is 321 g/mol. The summed E-state index contributed by atoms with van der Waals surface area (Å²) < 4.78 is 0. The van der Waals surface area contributed by atoms with Crippen LogP contribution in [0.25, 0.3) is 10.9 Å². The quantitative estimate of drug-likeness (QED) is 0.698. The number of fused-ring (bicyclic) bond motifs is 1. The Hall–Kier alpha value is -2.69. The van der Waals surface area contributed by atoms with Gasteiger partial charge in [0, 0.05) is 24.2 Å². The number of hydrogen-bond donors (Lipinski definition) is 2. The van der Waals surface area contributed by atoms with Crippen molar-refractivity contribution < 1.29 is 0 Å². The molecule has 0 saturated heterocycles. The van der Waals surface area contributed by atoms with Gasteiger partial charge in [0.15, 0.2) is 0 Å². The van der Waals surface area contributed by atoms with Gasteiger partial charge in [0.05, 0.1) is 11.2 Å². The minimum atomic E-state index is 0.666. The van der Waals surface area contributed by atoms with Gasteiger partial charge in [0.25, 0.3) is 0 Å². The van der Waals surface area contributed by atoms with Crippen LogP contribution in [0.2, 0.25) is 0 Å². The van der Waals surface area contributed by atoms with Crippen LogP contribution in [0.15, 0.2) is 42.6 Å². The summed E-state index contributed by atoms with van der Waals surface area (Å²) in [5.74, 6) is 3.02. The van der Waals surface area contributed by atoms with Crippen LogP contribution in [0, 0.1) is 12.8 Å². The van der Waals surface area contributed by atoms with Crippen molar-refractivity contribution in [1.29, 1.82) is 0 Å². The molecule has 2 heterocycles. The molecular weight excluding hydrogens is 298 g/mol. The Morgan fingerprint density at radius 2 is 1.83 bits per heavy atom. The molecule has 24 heavy (non-hydrogen) atoms. The third-order valence-corrected chi connectivity index (χ3v) is 3.76. The molecule has 0 aliphatic rings. The van der Waals surface area contributed by atoms with Gasteiger partial charge in [0.1, 0.15) is 17.5 Å². The lowest BCUT2D eigenvalue weighted by atomic mass is 10.1. The molecule has 0 aliphatic heterocycles. The first-order valence-electron chi connectivity index (χ1n) is 8.32. The zero-order chi connectivity index (χ0) is 16.9. The number of para-hydroxylation sites is 1. The summed E-state index contributed by atoms with van der Waals surface area (Å²) in [6, 6.07) is 12.0. The number of nitrogens with one attached hydrogen (secondary N) is 2. The van der Waals surface area contributed by atoms with Crippen LogP contribution in [-0.4, -0.2) is 21.5 Å². The van der Waals surface area contributed by atoms with E-state index in [0.717, 1.165) is 47.0 Å². The van der Waals surface area contributed by atoms with Crippen molar-refractivity contribution >= 4 is 28.2 Å². The van der Waals surface area contributed by atoms with Crippen LogP contribution in [0.3, 0.4) is 0 Å². The number of aryl methyl sites for hydroxylation is 1. The van der Waals surface area contributed by atoms with Crippen molar-refractivity contribution in [3.63, 3.8) is 0 Å². The fourth-order valence-corrected chi connectivity index (χ4v) is 2.55. The van der Waals surface area contributed by atoms with Gasteiger partial charge < -0.3 is 10.6 Å². The molecule has 0 spiro atoms. The zero-order valence-electron chi connectivity index (χ0n) is 14.4. The van der Waals surface area contributed by atoms with Crippen molar-refractivity contribution in [3.8, 4) is 0 Å². The summed E-state index contributed by atoms with van der Waals surface area (Å²) in [6.07, 6.45) is 2.91. The molecule has 0 saturated carbocycles. The standard InChI is InChI=1S/C19H23N5/c1-13(2)9-11-20-17-12-18(23-14(3)22-17)24-16-8-4-6-15-7-5-10-21-19(15)16/h4-8,10,12-13H,9,11H2,1-3H3,(H2,20,22,23,24). The number of rotatable bonds is 6. The summed E-state index contributed by atoms with van der Waals surface area (Å²) in [7, 11) is 0. The highest BCUT2D eigenvalue weighted by Gasteiger charge is 2.06. The number of benzene rings is 1. The summed E-state index contributed by atoms with van der Waals surface area (Å²) in [6.45, 7) is 7.24. The molecule has 0 bridgehead atoms. The molecule has 0 unspecified atom stereocenters. The van der Waals surface area contributed by atoms with Gasteiger partial charge in [0.2, 0.25) is 0 Å². The van der Waals surface area contributed by atoms with Crippen LogP contribution in [0.4, 0.5) is 17.3 Å². The van der Waals surface area contributed by atoms with E-state index in [2.05, 4.69) is 51.6 Å². The molecule has 3 aromatic rings. The molecule has 0 radical (unpaired) electrons. The SMILES string of the molecule is Cc1nc(NCCC(C)C)cc(Nc2cccc3cccnc23)n1. The predicted octanol–water partition coefficient (Wildman–Crippen LogP) is 4.53. The minimum absolute atomic E-state index is 0.666. The Bertz CT molecular complexity index is 824. The topological polar surface area (TPSA) is 62.7 Å². The minimum Gasteiger partial charge on any atom is -0.370 e. The predicted molar refractivity (Wildman–Crippen MR) is 99.7 cm³/mol. The second kappa shape index (κ2) is 7.25. The summed E-state index contributed by atoms with van der Waals surface area (Å²) in [5.41, 5.74) is 1.88.